The van der Waals surface area contributed by atoms with Crippen LogP contribution in [0.15, 0.2) is 51.9 Å². The summed E-state index contributed by atoms with van der Waals surface area (Å²) >= 11 is 0. The van der Waals surface area contributed by atoms with Gasteiger partial charge in [-0.1, -0.05) is 12.1 Å². The van der Waals surface area contributed by atoms with Gasteiger partial charge < -0.3 is 19.5 Å². The minimum Gasteiger partial charge on any atom is -0.508 e. The number of fused-ring (bicyclic) bond motifs is 1. The lowest BCUT2D eigenvalue weighted by Crippen LogP contribution is -2.05. The van der Waals surface area contributed by atoms with Crippen molar-refractivity contribution in [1.82, 2.24) is 0 Å². The molecule has 0 fully saturated rings. The molecule has 0 saturated carbocycles. The van der Waals surface area contributed by atoms with E-state index < -0.39 is 5.43 Å². The van der Waals surface area contributed by atoms with Crippen LogP contribution in [-0.2, 0) is 0 Å². The number of aromatic hydroxyl groups is 2. The molecular weight excluding hydrogens is 276 g/mol. The number of rotatable bonds is 2. The van der Waals surface area contributed by atoms with E-state index in [0.29, 0.717) is 5.56 Å². The highest BCUT2D eigenvalue weighted by Crippen LogP contribution is 2.29. The Kier molecular flexibility index (Phi) is 3.00. The Morgan fingerprint density at radius 2 is 1.76 bits per heavy atom. The standard InChI is InChI=1S/C15H10O6/c16-9-5-12(17)14-13(6-9)20-7-11(15(14)18)8-1-3-10(21-19)4-2-8/h1-7,16-17,19H. The molecule has 0 saturated heterocycles. The number of phenols is 2. The quantitative estimate of drug-likeness (QED) is 0.494. The molecule has 106 valence electrons. The molecule has 0 aliphatic carbocycles. The van der Waals surface area contributed by atoms with Gasteiger partial charge in [-0.15, -0.1) is 0 Å². The summed E-state index contributed by atoms with van der Waals surface area (Å²) in [5.74, 6) is -0.312. The fourth-order valence-corrected chi connectivity index (χ4v) is 2.11. The van der Waals surface area contributed by atoms with Gasteiger partial charge in [-0.05, 0) is 17.7 Å². The number of hydrogen-bond acceptors (Lipinski definition) is 6. The molecule has 0 atom stereocenters. The largest absolute Gasteiger partial charge is 0.508 e. The van der Waals surface area contributed by atoms with Crippen molar-refractivity contribution in [2.45, 2.75) is 0 Å². The number of benzene rings is 2. The Morgan fingerprint density at radius 3 is 2.43 bits per heavy atom. The van der Waals surface area contributed by atoms with Crippen LogP contribution in [-0.4, -0.2) is 15.5 Å². The zero-order valence-electron chi connectivity index (χ0n) is 10.6. The zero-order chi connectivity index (χ0) is 15.0. The lowest BCUT2D eigenvalue weighted by molar-refractivity contribution is -0.137. The summed E-state index contributed by atoms with van der Waals surface area (Å²) in [6, 6.07) is 8.43. The van der Waals surface area contributed by atoms with Crippen molar-refractivity contribution in [3.63, 3.8) is 0 Å². The Labute approximate surface area is 118 Å². The highest BCUT2D eigenvalue weighted by atomic mass is 17.1. The Bertz CT molecular complexity index is 864. The van der Waals surface area contributed by atoms with E-state index in [1.54, 1.807) is 12.1 Å². The van der Waals surface area contributed by atoms with Gasteiger partial charge in [0.05, 0.1) is 5.56 Å². The number of hydrogen-bond donors (Lipinski definition) is 3. The van der Waals surface area contributed by atoms with Crippen molar-refractivity contribution in [2.75, 3.05) is 0 Å². The smallest absolute Gasteiger partial charge is 0.204 e. The molecule has 0 aliphatic heterocycles. The molecule has 0 radical (unpaired) electrons. The highest BCUT2D eigenvalue weighted by Gasteiger charge is 2.13. The summed E-state index contributed by atoms with van der Waals surface area (Å²) in [5, 5.41) is 27.7. The molecule has 6 heteroatoms. The van der Waals surface area contributed by atoms with E-state index in [1.165, 1.54) is 24.5 Å². The van der Waals surface area contributed by atoms with Crippen molar-refractivity contribution in [3.05, 3.63) is 52.9 Å². The Hall–Kier alpha value is -2.99. The van der Waals surface area contributed by atoms with E-state index in [-0.39, 0.29) is 33.8 Å². The lowest BCUT2D eigenvalue weighted by atomic mass is 10.0. The summed E-state index contributed by atoms with van der Waals surface area (Å²) in [4.78, 5) is 16.5. The molecule has 2 aromatic carbocycles. The topological polar surface area (TPSA) is 100 Å². The summed E-state index contributed by atoms with van der Waals surface area (Å²) in [5.41, 5.74) is 0.454. The van der Waals surface area contributed by atoms with Gasteiger partial charge in [0, 0.05) is 12.1 Å². The van der Waals surface area contributed by atoms with Crippen LogP contribution in [0.25, 0.3) is 22.1 Å². The van der Waals surface area contributed by atoms with E-state index in [2.05, 4.69) is 4.89 Å². The maximum Gasteiger partial charge on any atom is 0.204 e. The van der Waals surface area contributed by atoms with Gasteiger partial charge in [0.2, 0.25) is 5.43 Å². The molecule has 3 aromatic rings. The molecule has 0 spiro atoms. The van der Waals surface area contributed by atoms with Gasteiger partial charge in [-0.3, -0.25) is 4.79 Å². The fourth-order valence-electron chi connectivity index (χ4n) is 2.11. The second kappa shape index (κ2) is 4.84. The normalized spacial score (nSPS) is 10.7. The van der Waals surface area contributed by atoms with Gasteiger partial charge in [0.1, 0.15) is 28.7 Å². The first-order valence-corrected chi connectivity index (χ1v) is 5.99. The van der Waals surface area contributed by atoms with Crippen molar-refractivity contribution >= 4 is 11.0 Å². The third-order valence-corrected chi connectivity index (χ3v) is 3.11. The highest BCUT2D eigenvalue weighted by molar-refractivity contribution is 5.87. The first-order valence-electron chi connectivity index (χ1n) is 5.99. The second-order valence-electron chi connectivity index (χ2n) is 4.43. The minimum absolute atomic E-state index is 0.00668. The molecule has 3 N–H and O–H groups in total. The van der Waals surface area contributed by atoms with Gasteiger partial charge in [0.15, 0.2) is 5.75 Å². The number of phenolic OH excluding ortho intramolecular Hbond substituents is 2. The fraction of sp³-hybridized carbons (Fsp3) is 0. The maximum absolute atomic E-state index is 12.4. The summed E-state index contributed by atoms with van der Waals surface area (Å²) in [6.45, 7) is 0. The SMILES string of the molecule is O=c1c(-c2ccc(OO)cc2)coc2cc(O)cc(O)c12. The van der Waals surface area contributed by atoms with Crippen molar-refractivity contribution < 1.29 is 24.8 Å². The van der Waals surface area contributed by atoms with Gasteiger partial charge in [-0.2, -0.15) is 0 Å². The molecule has 0 amide bonds. The summed E-state index contributed by atoms with van der Waals surface area (Å²) < 4.78 is 5.30. The monoisotopic (exact) mass is 286 g/mol. The van der Waals surface area contributed by atoms with Crippen molar-refractivity contribution in [2.24, 2.45) is 0 Å². The van der Waals surface area contributed by atoms with E-state index in [9.17, 15) is 15.0 Å². The predicted octanol–water partition coefficient (Wildman–Crippen LogP) is 2.72. The maximum atomic E-state index is 12.4. The van der Waals surface area contributed by atoms with Gasteiger partial charge in [-0.25, -0.2) is 5.26 Å². The molecule has 1 heterocycles. The van der Waals surface area contributed by atoms with E-state index in [4.69, 9.17) is 9.67 Å². The first-order chi connectivity index (χ1) is 10.1. The minimum atomic E-state index is -0.425. The molecule has 0 unspecified atom stereocenters. The van der Waals surface area contributed by atoms with Crippen LogP contribution in [0.5, 0.6) is 17.2 Å². The molecular formula is C15H10O6. The van der Waals surface area contributed by atoms with Gasteiger partial charge >= 0.3 is 0 Å². The molecule has 21 heavy (non-hydrogen) atoms. The zero-order valence-corrected chi connectivity index (χ0v) is 10.6. The van der Waals surface area contributed by atoms with Crippen LogP contribution < -0.4 is 10.3 Å². The van der Waals surface area contributed by atoms with Crippen LogP contribution in [0, 0.1) is 0 Å². The third kappa shape index (κ3) is 2.17. The Balaban J connectivity index is 2.24. The predicted molar refractivity (Wildman–Crippen MR) is 74.5 cm³/mol. The van der Waals surface area contributed by atoms with Crippen molar-refractivity contribution in [1.29, 1.82) is 0 Å². The average molecular weight is 286 g/mol. The van der Waals surface area contributed by atoms with Crippen LogP contribution in [0.2, 0.25) is 0 Å². The van der Waals surface area contributed by atoms with Crippen LogP contribution >= 0.6 is 0 Å². The van der Waals surface area contributed by atoms with Crippen LogP contribution in [0.4, 0.5) is 0 Å². The molecule has 3 rings (SSSR count). The average Bonchev–Trinajstić information content (AvgIpc) is 2.47. The second-order valence-corrected chi connectivity index (χ2v) is 4.43. The Morgan fingerprint density at radius 1 is 1.05 bits per heavy atom. The summed E-state index contributed by atoms with van der Waals surface area (Å²) in [6.07, 6.45) is 1.25. The summed E-state index contributed by atoms with van der Waals surface area (Å²) in [7, 11) is 0. The molecule has 1 aromatic heterocycles. The third-order valence-electron chi connectivity index (χ3n) is 3.11. The van der Waals surface area contributed by atoms with Crippen molar-refractivity contribution in [3.8, 4) is 28.4 Å². The van der Waals surface area contributed by atoms with Crippen LogP contribution in [0.1, 0.15) is 0 Å². The molecule has 6 nitrogen and oxygen atoms in total. The lowest BCUT2D eigenvalue weighted by Gasteiger charge is -2.05. The first kappa shape index (κ1) is 13.0. The van der Waals surface area contributed by atoms with E-state index in [1.807, 2.05) is 0 Å². The molecule has 0 bridgehead atoms. The van der Waals surface area contributed by atoms with E-state index >= 15 is 0 Å². The van der Waals surface area contributed by atoms with E-state index in [0.717, 1.165) is 6.07 Å². The van der Waals surface area contributed by atoms with Gasteiger partial charge in [0.25, 0.3) is 0 Å². The van der Waals surface area contributed by atoms with Crippen LogP contribution in [0.3, 0.4) is 0 Å². The molecule has 0 aliphatic rings.